The summed E-state index contributed by atoms with van der Waals surface area (Å²) in [5, 5.41) is 14.4. The second kappa shape index (κ2) is 6.62. The molecule has 1 aromatic heterocycles. The molecular formula is C13H18N4O2S. The minimum atomic E-state index is -0.357. The molecule has 1 aromatic carbocycles. The highest BCUT2D eigenvalue weighted by molar-refractivity contribution is 7.16. The lowest BCUT2D eigenvalue weighted by Crippen LogP contribution is -2.14. The van der Waals surface area contributed by atoms with E-state index in [4.69, 9.17) is 0 Å². The normalized spacial score (nSPS) is 11.2. The standard InChI is InChI=1S/C13H18N4O2S/c1-16(2)8-4-3-7-14-10-5-6-11-12(15-9-20-11)13(10)17(18)19/h5-6,9,14H,3-4,7-8H2,1-2H3. The van der Waals surface area contributed by atoms with Gasteiger partial charge in [-0.1, -0.05) is 0 Å². The molecule has 1 N–H and O–H groups in total. The number of nitrogens with zero attached hydrogens (tertiary/aromatic N) is 3. The van der Waals surface area contributed by atoms with E-state index < -0.39 is 0 Å². The van der Waals surface area contributed by atoms with Crippen molar-refractivity contribution in [2.75, 3.05) is 32.5 Å². The summed E-state index contributed by atoms with van der Waals surface area (Å²) in [5.41, 5.74) is 2.74. The van der Waals surface area contributed by atoms with Crippen molar-refractivity contribution >= 4 is 32.9 Å². The molecule has 0 unspecified atom stereocenters. The Kier molecular flexibility index (Phi) is 4.86. The van der Waals surface area contributed by atoms with Gasteiger partial charge in [-0.15, -0.1) is 11.3 Å². The van der Waals surface area contributed by atoms with Crippen LogP contribution in [0.2, 0.25) is 0 Å². The first-order valence-electron chi connectivity index (χ1n) is 6.49. The van der Waals surface area contributed by atoms with Crippen LogP contribution in [0, 0.1) is 10.1 Å². The maximum Gasteiger partial charge on any atom is 0.319 e. The number of hydrogen-bond donors (Lipinski definition) is 1. The first kappa shape index (κ1) is 14.7. The molecule has 0 saturated heterocycles. The Morgan fingerprint density at radius 1 is 1.40 bits per heavy atom. The van der Waals surface area contributed by atoms with Crippen LogP contribution >= 0.6 is 11.3 Å². The van der Waals surface area contributed by atoms with Gasteiger partial charge in [-0.25, -0.2) is 4.98 Å². The van der Waals surface area contributed by atoms with Gasteiger partial charge in [0.25, 0.3) is 0 Å². The highest BCUT2D eigenvalue weighted by Crippen LogP contribution is 2.34. The number of nitro benzene ring substituents is 1. The molecule has 2 rings (SSSR count). The molecule has 20 heavy (non-hydrogen) atoms. The molecule has 7 heteroatoms. The summed E-state index contributed by atoms with van der Waals surface area (Å²) in [4.78, 5) is 17.1. The van der Waals surface area contributed by atoms with Crippen LogP contribution < -0.4 is 5.32 Å². The van der Waals surface area contributed by atoms with E-state index in [-0.39, 0.29) is 10.6 Å². The Labute approximate surface area is 121 Å². The van der Waals surface area contributed by atoms with Gasteiger partial charge < -0.3 is 10.2 Å². The maximum absolute atomic E-state index is 11.2. The Balaban J connectivity index is 2.05. The molecule has 0 aliphatic heterocycles. The number of nitrogens with one attached hydrogen (secondary N) is 1. The summed E-state index contributed by atoms with van der Waals surface area (Å²) in [5.74, 6) is 0. The molecule has 0 amide bonds. The lowest BCUT2D eigenvalue weighted by Gasteiger charge is -2.10. The first-order chi connectivity index (χ1) is 9.59. The first-order valence-corrected chi connectivity index (χ1v) is 7.36. The number of thiazole rings is 1. The number of aromatic nitrogens is 1. The average molecular weight is 294 g/mol. The van der Waals surface area contributed by atoms with Crippen LogP contribution in [-0.2, 0) is 0 Å². The number of benzene rings is 1. The highest BCUT2D eigenvalue weighted by Gasteiger charge is 2.20. The van der Waals surface area contributed by atoms with E-state index in [0.29, 0.717) is 11.2 Å². The van der Waals surface area contributed by atoms with Gasteiger partial charge in [0.2, 0.25) is 0 Å². The molecule has 0 saturated carbocycles. The van der Waals surface area contributed by atoms with Gasteiger partial charge in [0.1, 0.15) is 5.69 Å². The zero-order chi connectivity index (χ0) is 14.5. The van der Waals surface area contributed by atoms with Crippen molar-refractivity contribution in [3.63, 3.8) is 0 Å². The van der Waals surface area contributed by atoms with Crippen molar-refractivity contribution in [2.24, 2.45) is 0 Å². The monoisotopic (exact) mass is 294 g/mol. The van der Waals surface area contributed by atoms with E-state index in [9.17, 15) is 10.1 Å². The van der Waals surface area contributed by atoms with Gasteiger partial charge in [-0.2, -0.15) is 0 Å². The van der Waals surface area contributed by atoms with Gasteiger partial charge in [0.05, 0.1) is 15.1 Å². The molecule has 0 bridgehead atoms. The molecule has 0 atom stereocenters. The third kappa shape index (κ3) is 3.43. The zero-order valence-electron chi connectivity index (χ0n) is 11.6. The van der Waals surface area contributed by atoms with E-state index >= 15 is 0 Å². The fraction of sp³-hybridized carbons (Fsp3) is 0.462. The van der Waals surface area contributed by atoms with E-state index in [1.54, 1.807) is 11.6 Å². The van der Waals surface area contributed by atoms with Crippen molar-refractivity contribution < 1.29 is 4.92 Å². The fourth-order valence-electron chi connectivity index (χ4n) is 2.02. The van der Waals surface area contributed by atoms with Crippen molar-refractivity contribution in [3.8, 4) is 0 Å². The van der Waals surface area contributed by atoms with Crippen molar-refractivity contribution in [1.82, 2.24) is 9.88 Å². The van der Waals surface area contributed by atoms with E-state index in [0.717, 1.165) is 30.6 Å². The van der Waals surface area contributed by atoms with Crippen LogP contribution in [-0.4, -0.2) is 42.0 Å². The van der Waals surface area contributed by atoms with Gasteiger partial charge >= 0.3 is 5.69 Å². The number of hydrogen-bond acceptors (Lipinski definition) is 6. The molecule has 6 nitrogen and oxygen atoms in total. The zero-order valence-corrected chi connectivity index (χ0v) is 12.4. The summed E-state index contributed by atoms with van der Waals surface area (Å²) in [6.07, 6.45) is 2.04. The predicted molar refractivity (Wildman–Crippen MR) is 82.6 cm³/mol. The molecule has 0 spiro atoms. The molecule has 0 radical (unpaired) electrons. The van der Waals surface area contributed by atoms with Crippen molar-refractivity contribution in [1.29, 1.82) is 0 Å². The minimum absolute atomic E-state index is 0.0800. The van der Waals surface area contributed by atoms with Crippen LogP contribution in [0.25, 0.3) is 10.2 Å². The molecule has 108 valence electrons. The van der Waals surface area contributed by atoms with Gasteiger partial charge in [0, 0.05) is 6.54 Å². The van der Waals surface area contributed by atoms with Gasteiger partial charge in [0.15, 0.2) is 5.52 Å². The summed E-state index contributed by atoms with van der Waals surface area (Å²) in [7, 11) is 4.07. The molecule has 0 aliphatic rings. The van der Waals surface area contributed by atoms with E-state index in [1.165, 1.54) is 11.3 Å². The van der Waals surface area contributed by atoms with Gasteiger partial charge in [-0.05, 0) is 45.6 Å². The van der Waals surface area contributed by atoms with Crippen molar-refractivity contribution in [2.45, 2.75) is 12.8 Å². The second-order valence-corrected chi connectivity index (χ2v) is 5.74. The van der Waals surface area contributed by atoms with Gasteiger partial charge in [-0.3, -0.25) is 10.1 Å². The smallest absolute Gasteiger partial charge is 0.319 e. The number of anilines is 1. The summed E-state index contributed by atoms with van der Waals surface area (Å²) in [6, 6.07) is 3.65. The number of fused-ring (bicyclic) bond motifs is 1. The summed E-state index contributed by atoms with van der Waals surface area (Å²) in [6.45, 7) is 1.75. The molecule has 0 aliphatic carbocycles. The Hall–Kier alpha value is -1.73. The largest absolute Gasteiger partial charge is 0.379 e. The third-order valence-electron chi connectivity index (χ3n) is 3.01. The minimum Gasteiger partial charge on any atom is -0.379 e. The van der Waals surface area contributed by atoms with Crippen LogP contribution in [0.3, 0.4) is 0 Å². The number of nitro groups is 1. The quantitative estimate of drug-likeness (QED) is 0.483. The Bertz CT molecular complexity index is 597. The van der Waals surface area contributed by atoms with Crippen molar-refractivity contribution in [3.05, 3.63) is 27.8 Å². The SMILES string of the molecule is CN(C)CCCCNc1ccc2scnc2c1[N+](=O)[O-]. The molecule has 1 heterocycles. The van der Waals surface area contributed by atoms with E-state index in [2.05, 4.69) is 15.2 Å². The highest BCUT2D eigenvalue weighted by atomic mass is 32.1. The van der Waals surface area contributed by atoms with Crippen LogP contribution in [0.15, 0.2) is 17.6 Å². The molecular weight excluding hydrogens is 276 g/mol. The Morgan fingerprint density at radius 3 is 2.90 bits per heavy atom. The molecule has 0 fully saturated rings. The maximum atomic E-state index is 11.2. The topological polar surface area (TPSA) is 71.3 Å². The lowest BCUT2D eigenvalue weighted by molar-refractivity contribution is -0.382. The second-order valence-electron chi connectivity index (χ2n) is 4.86. The number of rotatable bonds is 7. The average Bonchev–Trinajstić information content (AvgIpc) is 2.85. The third-order valence-corrected chi connectivity index (χ3v) is 3.80. The Morgan fingerprint density at radius 2 is 2.20 bits per heavy atom. The fourth-order valence-corrected chi connectivity index (χ4v) is 2.70. The van der Waals surface area contributed by atoms with E-state index in [1.807, 2.05) is 20.2 Å². The van der Waals surface area contributed by atoms with Crippen LogP contribution in [0.4, 0.5) is 11.4 Å². The number of unbranched alkanes of at least 4 members (excludes halogenated alkanes) is 1. The summed E-state index contributed by atoms with van der Waals surface area (Å²) < 4.78 is 0.842. The molecule has 2 aromatic rings. The lowest BCUT2D eigenvalue weighted by atomic mass is 10.2. The summed E-state index contributed by atoms with van der Waals surface area (Å²) >= 11 is 1.41. The predicted octanol–water partition coefficient (Wildman–Crippen LogP) is 2.96. The van der Waals surface area contributed by atoms with Crippen LogP contribution in [0.1, 0.15) is 12.8 Å². The van der Waals surface area contributed by atoms with Crippen LogP contribution in [0.5, 0.6) is 0 Å².